The highest BCUT2D eigenvalue weighted by molar-refractivity contribution is 7.89. The molecule has 1 aromatic rings. The summed E-state index contributed by atoms with van der Waals surface area (Å²) >= 11 is 0. The van der Waals surface area contributed by atoms with Crippen molar-refractivity contribution in [1.29, 1.82) is 0 Å². The van der Waals surface area contributed by atoms with Gasteiger partial charge in [-0.3, -0.25) is 4.79 Å². The third kappa shape index (κ3) is 6.42. The van der Waals surface area contributed by atoms with E-state index in [1.807, 2.05) is 6.92 Å². The Hall–Kier alpha value is -1.65. The van der Waals surface area contributed by atoms with Gasteiger partial charge >= 0.3 is 6.18 Å². The third-order valence-corrected chi connectivity index (χ3v) is 6.41. The summed E-state index contributed by atoms with van der Waals surface area (Å²) < 4.78 is 71.0. The molecule has 29 heavy (non-hydrogen) atoms. The molecule has 1 aliphatic heterocycles. The normalized spacial score (nSPS) is 21.2. The molecule has 0 N–H and O–H groups in total. The molecule has 10 heteroatoms. The van der Waals surface area contributed by atoms with Crippen LogP contribution in [-0.2, 0) is 14.8 Å². The lowest BCUT2D eigenvalue weighted by Gasteiger charge is -2.34. The van der Waals surface area contributed by atoms with Crippen LogP contribution in [0.15, 0.2) is 29.2 Å². The van der Waals surface area contributed by atoms with Gasteiger partial charge in [-0.2, -0.15) is 17.5 Å². The maximum Gasteiger partial charge on any atom is 0.406 e. The molecule has 164 valence electrons. The highest BCUT2D eigenvalue weighted by Gasteiger charge is 2.34. The van der Waals surface area contributed by atoms with Crippen LogP contribution in [-0.4, -0.2) is 68.1 Å². The van der Waals surface area contributed by atoms with Gasteiger partial charge in [0.1, 0.15) is 6.54 Å². The van der Waals surface area contributed by atoms with Gasteiger partial charge in [0.2, 0.25) is 10.0 Å². The first kappa shape index (κ1) is 23.6. The number of ether oxygens (including phenoxy) is 1. The summed E-state index contributed by atoms with van der Waals surface area (Å²) in [6.45, 7) is 4.46. The van der Waals surface area contributed by atoms with Crippen molar-refractivity contribution in [3.05, 3.63) is 29.8 Å². The highest BCUT2D eigenvalue weighted by atomic mass is 32.2. The van der Waals surface area contributed by atoms with Crippen molar-refractivity contribution >= 4 is 15.9 Å². The Labute approximate surface area is 169 Å². The average molecular weight is 436 g/mol. The number of benzene rings is 1. The second kappa shape index (κ2) is 9.44. The lowest BCUT2D eigenvalue weighted by Crippen LogP contribution is -2.48. The van der Waals surface area contributed by atoms with Gasteiger partial charge in [-0.15, -0.1) is 0 Å². The summed E-state index contributed by atoms with van der Waals surface area (Å²) in [5.74, 6) is -0.770. The van der Waals surface area contributed by atoms with Gasteiger partial charge in [0.05, 0.1) is 17.1 Å². The quantitative estimate of drug-likeness (QED) is 0.658. The molecule has 1 heterocycles. The number of hydrogen-bond acceptors (Lipinski definition) is 4. The zero-order chi connectivity index (χ0) is 21.8. The number of morpholine rings is 1. The van der Waals surface area contributed by atoms with E-state index in [0.29, 0.717) is 12.8 Å². The molecule has 0 bridgehead atoms. The molecule has 0 spiro atoms. The minimum Gasteiger partial charge on any atom is -0.373 e. The molecule has 1 fully saturated rings. The van der Waals surface area contributed by atoms with Gasteiger partial charge in [0.25, 0.3) is 5.91 Å². The summed E-state index contributed by atoms with van der Waals surface area (Å²) in [6, 6.07) is 5.05. The van der Waals surface area contributed by atoms with Crippen molar-refractivity contribution < 1.29 is 31.1 Å². The molecule has 2 atom stereocenters. The summed E-state index contributed by atoms with van der Waals surface area (Å²) in [4.78, 5) is 13.3. The first-order valence-electron chi connectivity index (χ1n) is 9.55. The smallest absolute Gasteiger partial charge is 0.373 e. The number of carbonyl (C=O) groups is 1. The molecule has 1 aliphatic rings. The lowest BCUT2D eigenvalue weighted by molar-refractivity contribution is -0.140. The van der Waals surface area contributed by atoms with Crippen molar-refractivity contribution in [2.75, 3.05) is 26.2 Å². The number of nitrogens with zero attached hydrogens (tertiary/aromatic N) is 2. The maximum absolute atomic E-state index is 12.8. The van der Waals surface area contributed by atoms with E-state index >= 15 is 0 Å². The number of unbranched alkanes of at least 4 members (excludes halogenated alkanes) is 1. The second-order valence-corrected chi connectivity index (χ2v) is 9.24. The molecule has 1 saturated heterocycles. The second-order valence-electron chi connectivity index (χ2n) is 7.30. The van der Waals surface area contributed by atoms with Crippen molar-refractivity contribution in [3.63, 3.8) is 0 Å². The number of halogens is 3. The van der Waals surface area contributed by atoms with E-state index in [1.54, 1.807) is 13.8 Å². The Kier molecular flexibility index (Phi) is 7.69. The van der Waals surface area contributed by atoms with Crippen LogP contribution < -0.4 is 0 Å². The van der Waals surface area contributed by atoms with E-state index in [1.165, 1.54) is 28.6 Å². The van der Waals surface area contributed by atoms with E-state index in [0.717, 1.165) is 4.90 Å². The van der Waals surface area contributed by atoms with Crippen LogP contribution in [0.5, 0.6) is 0 Å². The molecular weight excluding hydrogens is 409 g/mol. The standard InChI is InChI=1S/C19H27F3N2O4S/c1-4-5-10-23(13-19(20,21)22)18(25)16-6-8-17(9-7-16)29(26,27)24-11-14(2)28-15(3)12-24/h6-9,14-15H,4-5,10-13H2,1-3H3. The molecule has 0 aromatic heterocycles. The van der Waals surface area contributed by atoms with E-state index in [9.17, 15) is 26.4 Å². The van der Waals surface area contributed by atoms with Crippen LogP contribution in [0, 0.1) is 0 Å². The van der Waals surface area contributed by atoms with Gasteiger partial charge in [-0.05, 0) is 44.5 Å². The van der Waals surface area contributed by atoms with E-state index in [2.05, 4.69) is 0 Å². The molecule has 2 unspecified atom stereocenters. The Morgan fingerprint density at radius 2 is 1.72 bits per heavy atom. The van der Waals surface area contributed by atoms with Gasteiger partial charge in [0, 0.05) is 25.2 Å². The largest absolute Gasteiger partial charge is 0.406 e. The van der Waals surface area contributed by atoms with E-state index in [4.69, 9.17) is 4.74 Å². The van der Waals surface area contributed by atoms with Crippen LogP contribution in [0.25, 0.3) is 0 Å². The van der Waals surface area contributed by atoms with Gasteiger partial charge in [-0.25, -0.2) is 8.42 Å². The van der Waals surface area contributed by atoms with Crippen molar-refractivity contribution in [2.45, 2.75) is 56.9 Å². The molecule has 0 aliphatic carbocycles. The van der Waals surface area contributed by atoms with Crippen LogP contribution in [0.4, 0.5) is 13.2 Å². The van der Waals surface area contributed by atoms with E-state index in [-0.39, 0.29) is 42.3 Å². The fourth-order valence-corrected chi connectivity index (χ4v) is 4.84. The molecular formula is C19H27F3N2O4S. The van der Waals surface area contributed by atoms with E-state index < -0.39 is 28.7 Å². The van der Waals surface area contributed by atoms with Crippen LogP contribution in [0.2, 0.25) is 0 Å². The first-order valence-corrected chi connectivity index (χ1v) is 11.0. The topological polar surface area (TPSA) is 66.9 Å². The maximum atomic E-state index is 12.8. The van der Waals surface area contributed by atoms with Gasteiger partial charge in [-0.1, -0.05) is 13.3 Å². The Bertz CT molecular complexity index is 787. The number of sulfonamides is 1. The molecule has 0 saturated carbocycles. The summed E-state index contributed by atoms with van der Waals surface area (Å²) in [6.07, 6.45) is -3.90. The van der Waals surface area contributed by atoms with Gasteiger partial charge in [0.15, 0.2) is 0 Å². The fourth-order valence-electron chi connectivity index (χ4n) is 3.25. The number of amides is 1. The third-order valence-electron chi connectivity index (χ3n) is 4.56. The predicted octanol–water partition coefficient (Wildman–Crippen LogP) is 3.29. The highest BCUT2D eigenvalue weighted by Crippen LogP contribution is 2.23. The van der Waals surface area contributed by atoms with Crippen molar-refractivity contribution in [3.8, 4) is 0 Å². The minimum atomic E-state index is -4.50. The number of rotatable bonds is 7. The van der Waals surface area contributed by atoms with Crippen molar-refractivity contribution in [2.24, 2.45) is 0 Å². The number of carbonyl (C=O) groups excluding carboxylic acids is 1. The fraction of sp³-hybridized carbons (Fsp3) is 0.632. The van der Waals surface area contributed by atoms with Gasteiger partial charge < -0.3 is 9.64 Å². The predicted molar refractivity (Wildman–Crippen MR) is 102 cm³/mol. The van der Waals surface area contributed by atoms with Crippen LogP contribution >= 0.6 is 0 Å². The molecule has 0 radical (unpaired) electrons. The summed E-state index contributed by atoms with van der Waals surface area (Å²) in [5, 5.41) is 0. The first-order chi connectivity index (χ1) is 13.4. The Morgan fingerprint density at radius 3 is 2.21 bits per heavy atom. The molecule has 1 aromatic carbocycles. The SMILES string of the molecule is CCCCN(CC(F)(F)F)C(=O)c1ccc(S(=O)(=O)N2CC(C)OC(C)C2)cc1. The van der Waals surface area contributed by atoms with Crippen molar-refractivity contribution in [1.82, 2.24) is 9.21 Å². The zero-order valence-corrected chi connectivity index (χ0v) is 17.6. The number of hydrogen-bond donors (Lipinski definition) is 0. The van der Waals surface area contributed by atoms with Crippen LogP contribution in [0.3, 0.4) is 0 Å². The molecule has 1 amide bonds. The Morgan fingerprint density at radius 1 is 1.17 bits per heavy atom. The Balaban J connectivity index is 2.20. The lowest BCUT2D eigenvalue weighted by atomic mass is 10.2. The average Bonchev–Trinajstić information content (AvgIpc) is 2.63. The number of alkyl halides is 3. The molecule has 2 rings (SSSR count). The molecule has 6 nitrogen and oxygen atoms in total. The summed E-state index contributed by atoms with van der Waals surface area (Å²) in [5.41, 5.74) is 0.0213. The van der Waals surface area contributed by atoms with Crippen LogP contribution in [0.1, 0.15) is 44.0 Å². The summed E-state index contributed by atoms with van der Waals surface area (Å²) in [7, 11) is -3.79. The monoisotopic (exact) mass is 436 g/mol. The zero-order valence-electron chi connectivity index (χ0n) is 16.8. The minimum absolute atomic E-state index is 0.00807.